The highest BCUT2D eigenvalue weighted by Crippen LogP contribution is 2.52. The number of rotatable bonds is 7. The molecule has 10 heteroatoms. The number of halogens is 2. The van der Waals surface area contributed by atoms with E-state index in [4.69, 9.17) is 32.7 Å². The van der Waals surface area contributed by atoms with Crippen LogP contribution in [0.3, 0.4) is 0 Å². The molecule has 1 aromatic carbocycles. The quantitative estimate of drug-likeness (QED) is 0.399. The molecule has 0 spiro atoms. The number of nitrogens with one attached hydrogen (secondary N) is 1. The predicted octanol–water partition coefficient (Wildman–Crippen LogP) is 5.99. The summed E-state index contributed by atoms with van der Waals surface area (Å²) >= 11 is 14.2. The van der Waals surface area contributed by atoms with Gasteiger partial charge in [0, 0.05) is 33.0 Å². The van der Waals surface area contributed by atoms with Crippen LogP contribution < -0.4 is 5.32 Å². The maximum absolute atomic E-state index is 14.1. The Kier molecular flexibility index (Phi) is 8.81. The van der Waals surface area contributed by atoms with E-state index in [0.29, 0.717) is 27.9 Å². The van der Waals surface area contributed by atoms with Gasteiger partial charge in [-0.15, -0.1) is 11.3 Å². The number of carbonyl (C=O) groups excluding carboxylic acids is 3. The van der Waals surface area contributed by atoms with Crippen molar-refractivity contribution in [1.82, 2.24) is 10.2 Å². The molecule has 4 atom stereocenters. The van der Waals surface area contributed by atoms with Gasteiger partial charge in [0.25, 0.3) is 0 Å². The van der Waals surface area contributed by atoms with E-state index >= 15 is 0 Å². The lowest BCUT2D eigenvalue weighted by molar-refractivity contribution is -0.180. The molecule has 1 aromatic heterocycles. The molecular formula is C29H34Cl2N2O5S. The van der Waals surface area contributed by atoms with Crippen LogP contribution in [0.4, 0.5) is 0 Å². The number of amides is 2. The number of ether oxygens (including phenoxy) is 2. The zero-order valence-corrected chi connectivity index (χ0v) is 25.1. The van der Waals surface area contributed by atoms with Crippen molar-refractivity contribution in [2.24, 2.45) is 16.7 Å². The van der Waals surface area contributed by atoms with Crippen molar-refractivity contribution < 1.29 is 23.9 Å². The first-order chi connectivity index (χ1) is 18.4. The van der Waals surface area contributed by atoms with Gasteiger partial charge in [0.1, 0.15) is 5.41 Å². The van der Waals surface area contributed by atoms with Gasteiger partial charge in [0.05, 0.1) is 32.4 Å². The third-order valence-electron chi connectivity index (χ3n) is 7.50. The van der Waals surface area contributed by atoms with Gasteiger partial charge in [0.2, 0.25) is 11.8 Å². The third-order valence-corrected chi connectivity index (χ3v) is 8.97. The minimum Gasteiger partial charge on any atom is -0.468 e. The van der Waals surface area contributed by atoms with E-state index in [0.717, 1.165) is 4.88 Å². The number of hydrogen-bond donors (Lipinski definition) is 1. The van der Waals surface area contributed by atoms with Crippen molar-refractivity contribution in [2.45, 2.75) is 65.8 Å². The SMILES string of the molecule is COC(=O)[C@]12C[C@H](CC(=O)NCc3cccs3)C(=O)N(Cc3ccc(Cl)cc3Cl)C1=C[C@H](C(C)(C)C)O[C@@H]2C. The Morgan fingerprint density at radius 2 is 2.00 bits per heavy atom. The van der Waals surface area contributed by atoms with Gasteiger partial charge < -0.3 is 19.7 Å². The lowest BCUT2D eigenvalue weighted by atomic mass is 9.65. The number of piperidine rings is 1. The molecule has 4 rings (SSSR count). The van der Waals surface area contributed by atoms with Gasteiger partial charge in [-0.25, -0.2) is 0 Å². The zero-order chi connectivity index (χ0) is 28.5. The molecule has 39 heavy (non-hydrogen) atoms. The maximum atomic E-state index is 14.1. The Balaban J connectivity index is 1.75. The smallest absolute Gasteiger partial charge is 0.320 e. The molecule has 2 aromatic rings. The molecule has 1 fully saturated rings. The molecule has 0 unspecified atom stereocenters. The Morgan fingerprint density at radius 3 is 2.62 bits per heavy atom. The van der Waals surface area contributed by atoms with Crippen LogP contribution in [-0.2, 0) is 36.9 Å². The summed E-state index contributed by atoms with van der Waals surface area (Å²) < 4.78 is 11.7. The number of nitrogens with zero attached hydrogens (tertiary/aromatic N) is 1. The van der Waals surface area contributed by atoms with Crippen molar-refractivity contribution in [2.75, 3.05) is 7.11 Å². The van der Waals surface area contributed by atoms with Gasteiger partial charge in [-0.1, -0.05) is 56.1 Å². The number of benzene rings is 1. The van der Waals surface area contributed by atoms with E-state index in [9.17, 15) is 14.4 Å². The van der Waals surface area contributed by atoms with Crippen molar-refractivity contribution in [3.63, 3.8) is 0 Å². The fraction of sp³-hybridized carbons (Fsp3) is 0.483. The van der Waals surface area contributed by atoms with E-state index in [2.05, 4.69) is 5.32 Å². The standard InChI is InChI=1S/C29H34Cl2N2O5S/c1-17-29(27(36)37-5)14-19(11-25(34)32-15-21-7-6-10-39-21)26(35)33(16-18-8-9-20(30)12-22(18)31)23(29)13-24(38-17)28(2,3)4/h6-10,12-13,17,19,24H,11,14-16H2,1-5H3,(H,32,34)/t17-,19+,24-,29+/m1/s1. The lowest BCUT2D eigenvalue weighted by Crippen LogP contribution is -2.61. The minimum atomic E-state index is -1.28. The van der Waals surface area contributed by atoms with E-state index < -0.39 is 23.4 Å². The van der Waals surface area contributed by atoms with Crippen LogP contribution in [0.2, 0.25) is 10.0 Å². The van der Waals surface area contributed by atoms with E-state index in [1.54, 1.807) is 34.4 Å². The van der Waals surface area contributed by atoms with Crippen molar-refractivity contribution in [3.8, 4) is 0 Å². The van der Waals surface area contributed by atoms with Crippen molar-refractivity contribution >= 4 is 52.3 Å². The van der Waals surface area contributed by atoms with E-state index in [-0.39, 0.29) is 42.7 Å². The first-order valence-electron chi connectivity index (χ1n) is 12.9. The second-order valence-electron chi connectivity index (χ2n) is 11.2. The van der Waals surface area contributed by atoms with Gasteiger partial charge in [-0.05, 0) is 54.0 Å². The topological polar surface area (TPSA) is 84.9 Å². The molecule has 2 amide bonds. The summed E-state index contributed by atoms with van der Waals surface area (Å²) in [5, 5.41) is 5.72. The van der Waals surface area contributed by atoms with Crippen molar-refractivity contribution in [3.05, 3.63) is 68.0 Å². The van der Waals surface area contributed by atoms with Crippen LogP contribution >= 0.6 is 34.5 Å². The lowest BCUT2D eigenvalue weighted by Gasteiger charge is -2.53. The molecule has 2 aliphatic rings. The molecule has 0 radical (unpaired) electrons. The normalized spacial score (nSPS) is 25.1. The third kappa shape index (κ3) is 6.04. The molecule has 2 aliphatic heterocycles. The summed E-state index contributed by atoms with van der Waals surface area (Å²) in [7, 11) is 1.33. The number of esters is 1. The molecule has 0 saturated carbocycles. The van der Waals surface area contributed by atoms with Crippen LogP contribution in [0.25, 0.3) is 0 Å². The Hall–Kier alpha value is -2.39. The number of methoxy groups -OCH3 is 1. The molecule has 1 N–H and O–H groups in total. The first kappa shape index (κ1) is 29.6. The first-order valence-corrected chi connectivity index (χ1v) is 14.5. The summed E-state index contributed by atoms with van der Waals surface area (Å²) in [6, 6.07) is 8.94. The average Bonchev–Trinajstić information content (AvgIpc) is 3.39. The fourth-order valence-electron chi connectivity index (χ4n) is 5.32. The summed E-state index contributed by atoms with van der Waals surface area (Å²) in [5.74, 6) is -1.79. The highest BCUT2D eigenvalue weighted by molar-refractivity contribution is 7.09. The Morgan fingerprint density at radius 1 is 1.26 bits per heavy atom. The van der Waals surface area contributed by atoms with Gasteiger partial charge in [-0.2, -0.15) is 0 Å². The van der Waals surface area contributed by atoms with Gasteiger partial charge in [0.15, 0.2) is 0 Å². The molecule has 1 saturated heterocycles. The average molecular weight is 594 g/mol. The summed E-state index contributed by atoms with van der Waals surface area (Å²) in [5.41, 5.74) is -0.376. The number of fused-ring (bicyclic) bond motifs is 1. The Bertz CT molecular complexity index is 1270. The molecule has 7 nitrogen and oxygen atoms in total. The van der Waals surface area contributed by atoms with Crippen LogP contribution in [0.1, 0.15) is 51.0 Å². The Labute approximate surface area is 243 Å². The van der Waals surface area contributed by atoms with Crippen LogP contribution in [0.5, 0.6) is 0 Å². The highest BCUT2D eigenvalue weighted by atomic mass is 35.5. The van der Waals surface area contributed by atoms with Crippen LogP contribution in [-0.4, -0.2) is 42.0 Å². The highest BCUT2D eigenvalue weighted by Gasteiger charge is 2.60. The van der Waals surface area contributed by atoms with Crippen LogP contribution in [0, 0.1) is 16.7 Å². The summed E-state index contributed by atoms with van der Waals surface area (Å²) in [6.45, 7) is 8.44. The zero-order valence-electron chi connectivity index (χ0n) is 22.8. The number of thiophene rings is 1. The molecule has 0 bridgehead atoms. The number of carbonyl (C=O) groups is 3. The van der Waals surface area contributed by atoms with Crippen molar-refractivity contribution in [1.29, 1.82) is 0 Å². The van der Waals surface area contributed by atoms with Crippen LogP contribution in [0.15, 0.2) is 47.5 Å². The van der Waals surface area contributed by atoms with E-state index in [1.807, 2.05) is 51.3 Å². The number of hydrogen-bond acceptors (Lipinski definition) is 6. The maximum Gasteiger partial charge on any atom is 0.320 e. The second-order valence-corrected chi connectivity index (χ2v) is 13.1. The van der Waals surface area contributed by atoms with E-state index in [1.165, 1.54) is 7.11 Å². The predicted molar refractivity (Wildman–Crippen MR) is 152 cm³/mol. The van der Waals surface area contributed by atoms with Gasteiger partial charge >= 0.3 is 5.97 Å². The molecular weight excluding hydrogens is 559 g/mol. The molecule has 0 aliphatic carbocycles. The number of likely N-dealkylation sites (tertiary alicyclic amines) is 1. The fourth-order valence-corrected chi connectivity index (χ4v) is 6.43. The second kappa shape index (κ2) is 11.6. The van der Waals surface area contributed by atoms with Gasteiger partial charge in [-0.3, -0.25) is 14.4 Å². The monoisotopic (exact) mass is 592 g/mol. The largest absolute Gasteiger partial charge is 0.468 e. The summed E-state index contributed by atoms with van der Waals surface area (Å²) in [4.78, 5) is 43.3. The summed E-state index contributed by atoms with van der Waals surface area (Å²) in [6.07, 6.45) is 0.922. The molecule has 210 valence electrons. The minimum absolute atomic E-state index is 0.0729. The molecule has 3 heterocycles.